The summed E-state index contributed by atoms with van der Waals surface area (Å²) in [6.07, 6.45) is -0.403. The van der Waals surface area contributed by atoms with Crippen LogP contribution in [0.5, 0.6) is 0 Å². The number of amides is 1. The van der Waals surface area contributed by atoms with Gasteiger partial charge in [-0.3, -0.25) is 0 Å². The van der Waals surface area contributed by atoms with E-state index in [0.29, 0.717) is 0 Å². The van der Waals surface area contributed by atoms with Gasteiger partial charge in [0.25, 0.3) is 0 Å². The van der Waals surface area contributed by atoms with E-state index in [4.69, 9.17) is 4.74 Å². The van der Waals surface area contributed by atoms with Crippen LogP contribution in [0, 0.1) is 0 Å². The van der Waals surface area contributed by atoms with Crippen LogP contribution in [0.25, 0.3) is 0 Å². The first-order chi connectivity index (χ1) is 9.25. The maximum atomic E-state index is 11.7. The maximum Gasteiger partial charge on any atom is 0.407 e. The van der Waals surface area contributed by atoms with E-state index < -0.39 is 6.09 Å². The average molecular weight is 255 g/mol. The number of nitrogens with one attached hydrogen (secondary N) is 1. The van der Waals surface area contributed by atoms with Crippen molar-refractivity contribution in [3.63, 3.8) is 0 Å². The van der Waals surface area contributed by atoms with Crippen molar-refractivity contribution in [1.82, 2.24) is 5.32 Å². The predicted molar refractivity (Wildman–Crippen MR) is 74.6 cm³/mol. The zero-order valence-electron chi connectivity index (χ0n) is 10.9. The van der Waals surface area contributed by atoms with Crippen LogP contribution in [0.1, 0.15) is 24.1 Å². The van der Waals surface area contributed by atoms with Crippen molar-refractivity contribution in [2.45, 2.75) is 19.6 Å². The lowest BCUT2D eigenvalue weighted by atomic mass is 10.1. The zero-order chi connectivity index (χ0) is 13.5. The lowest BCUT2D eigenvalue weighted by Gasteiger charge is -2.14. The van der Waals surface area contributed by atoms with Gasteiger partial charge in [0.05, 0.1) is 6.04 Å². The van der Waals surface area contributed by atoms with Gasteiger partial charge in [0.2, 0.25) is 0 Å². The number of carbonyl (C=O) groups is 1. The average Bonchev–Trinajstić information content (AvgIpc) is 2.47. The second kappa shape index (κ2) is 6.59. The van der Waals surface area contributed by atoms with Gasteiger partial charge in [-0.05, 0) is 18.1 Å². The van der Waals surface area contributed by atoms with Gasteiger partial charge in [-0.25, -0.2) is 4.79 Å². The van der Waals surface area contributed by atoms with E-state index in [0.717, 1.165) is 11.1 Å². The number of benzene rings is 2. The molecule has 0 spiro atoms. The van der Waals surface area contributed by atoms with Gasteiger partial charge in [-0.2, -0.15) is 0 Å². The molecule has 0 aliphatic rings. The molecule has 0 heterocycles. The minimum absolute atomic E-state index is 0.0653. The van der Waals surface area contributed by atoms with Gasteiger partial charge in [-0.15, -0.1) is 0 Å². The summed E-state index contributed by atoms with van der Waals surface area (Å²) < 4.78 is 5.17. The molecule has 2 rings (SSSR count). The molecule has 3 nitrogen and oxygen atoms in total. The van der Waals surface area contributed by atoms with Crippen molar-refractivity contribution in [2.75, 3.05) is 0 Å². The minimum atomic E-state index is -0.403. The fraction of sp³-hybridized carbons (Fsp3) is 0.188. The zero-order valence-corrected chi connectivity index (χ0v) is 10.9. The summed E-state index contributed by atoms with van der Waals surface area (Å²) in [5.41, 5.74) is 2.03. The largest absolute Gasteiger partial charge is 0.445 e. The molecule has 0 saturated heterocycles. The Kier molecular flexibility index (Phi) is 4.56. The first-order valence-corrected chi connectivity index (χ1v) is 6.28. The highest BCUT2D eigenvalue weighted by atomic mass is 16.5. The molecule has 2 aromatic carbocycles. The molecule has 0 saturated carbocycles. The van der Waals surface area contributed by atoms with E-state index in [1.54, 1.807) is 0 Å². The Morgan fingerprint density at radius 2 is 1.63 bits per heavy atom. The fourth-order valence-electron chi connectivity index (χ4n) is 1.77. The number of rotatable bonds is 4. The Labute approximate surface area is 113 Å². The van der Waals surface area contributed by atoms with Gasteiger partial charge in [-0.1, -0.05) is 60.7 Å². The normalized spacial score (nSPS) is 11.6. The van der Waals surface area contributed by atoms with Gasteiger partial charge in [0.1, 0.15) is 6.61 Å². The topological polar surface area (TPSA) is 38.3 Å². The van der Waals surface area contributed by atoms with Crippen molar-refractivity contribution in [3.8, 4) is 0 Å². The third kappa shape index (κ3) is 4.14. The van der Waals surface area contributed by atoms with Crippen molar-refractivity contribution < 1.29 is 9.53 Å². The maximum absolute atomic E-state index is 11.7. The van der Waals surface area contributed by atoms with E-state index in [-0.39, 0.29) is 12.6 Å². The fourth-order valence-corrected chi connectivity index (χ4v) is 1.77. The molecular formula is C16H17NO2. The quantitative estimate of drug-likeness (QED) is 0.905. The lowest BCUT2D eigenvalue weighted by molar-refractivity contribution is 0.136. The molecule has 0 unspecified atom stereocenters. The van der Waals surface area contributed by atoms with Crippen molar-refractivity contribution in [2.24, 2.45) is 0 Å². The molecule has 1 atom stereocenters. The minimum Gasteiger partial charge on any atom is -0.445 e. The van der Waals surface area contributed by atoms with Crippen LogP contribution in [0.4, 0.5) is 4.79 Å². The van der Waals surface area contributed by atoms with E-state index in [9.17, 15) is 4.79 Å². The monoisotopic (exact) mass is 255 g/mol. The predicted octanol–water partition coefficient (Wildman–Crippen LogP) is 3.67. The Balaban J connectivity index is 1.82. The third-order valence-corrected chi connectivity index (χ3v) is 2.85. The van der Waals surface area contributed by atoms with Gasteiger partial charge < -0.3 is 10.1 Å². The van der Waals surface area contributed by atoms with Crippen LogP contribution in [-0.2, 0) is 11.3 Å². The molecule has 0 aliphatic heterocycles. The summed E-state index contributed by atoms with van der Waals surface area (Å²) in [4.78, 5) is 11.7. The summed E-state index contributed by atoms with van der Waals surface area (Å²) in [5.74, 6) is 0. The van der Waals surface area contributed by atoms with E-state index in [1.165, 1.54) is 0 Å². The molecule has 0 aromatic heterocycles. The SMILES string of the molecule is C[C@@H](NC(=O)OCc1ccccc1)c1ccccc1. The Bertz CT molecular complexity index is 511. The first-order valence-electron chi connectivity index (χ1n) is 6.28. The smallest absolute Gasteiger partial charge is 0.407 e. The van der Waals surface area contributed by atoms with Crippen LogP contribution < -0.4 is 5.32 Å². The van der Waals surface area contributed by atoms with Crippen molar-refractivity contribution >= 4 is 6.09 Å². The second-order valence-corrected chi connectivity index (χ2v) is 4.34. The molecule has 3 heteroatoms. The van der Waals surface area contributed by atoms with Crippen LogP contribution >= 0.6 is 0 Å². The van der Waals surface area contributed by atoms with Crippen LogP contribution in [0.3, 0.4) is 0 Å². The Hall–Kier alpha value is -2.29. The van der Waals surface area contributed by atoms with Gasteiger partial charge >= 0.3 is 6.09 Å². The van der Waals surface area contributed by atoms with Gasteiger partial charge in [0, 0.05) is 0 Å². The first kappa shape index (κ1) is 13.1. The number of ether oxygens (including phenoxy) is 1. The highest BCUT2D eigenvalue weighted by molar-refractivity contribution is 5.67. The molecule has 98 valence electrons. The molecule has 0 radical (unpaired) electrons. The second-order valence-electron chi connectivity index (χ2n) is 4.34. The molecule has 0 bridgehead atoms. The Morgan fingerprint density at radius 3 is 2.26 bits per heavy atom. The number of hydrogen-bond donors (Lipinski definition) is 1. The third-order valence-electron chi connectivity index (χ3n) is 2.85. The summed E-state index contributed by atoms with van der Waals surface area (Å²) >= 11 is 0. The lowest BCUT2D eigenvalue weighted by Crippen LogP contribution is -2.27. The summed E-state index contributed by atoms with van der Waals surface area (Å²) in [5, 5.41) is 2.81. The molecule has 2 aromatic rings. The molecule has 0 aliphatic carbocycles. The van der Waals surface area contributed by atoms with Crippen LogP contribution in [0.2, 0.25) is 0 Å². The van der Waals surface area contributed by atoms with Crippen LogP contribution in [0.15, 0.2) is 60.7 Å². The van der Waals surface area contributed by atoms with E-state index in [1.807, 2.05) is 67.6 Å². The van der Waals surface area contributed by atoms with E-state index >= 15 is 0 Å². The highest BCUT2D eigenvalue weighted by Crippen LogP contribution is 2.11. The molecule has 0 fully saturated rings. The van der Waals surface area contributed by atoms with Crippen molar-refractivity contribution in [3.05, 3.63) is 71.8 Å². The molecule has 19 heavy (non-hydrogen) atoms. The Morgan fingerprint density at radius 1 is 1.05 bits per heavy atom. The number of alkyl carbamates (subject to hydrolysis) is 1. The number of hydrogen-bond acceptors (Lipinski definition) is 2. The summed E-state index contributed by atoms with van der Waals surface area (Å²) in [6, 6.07) is 19.3. The molecule has 1 amide bonds. The standard InChI is InChI=1S/C16H17NO2/c1-13(15-10-6-3-7-11-15)17-16(18)19-12-14-8-4-2-5-9-14/h2-11,13H,12H2,1H3,(H,17,18)/t13-/m1/s1. The van der Waals surface area contributed by atoms with Gasteiger partial charge in [0.15, 0.2) is 0 Å². The summed E-state index contributed by atoms with van der Waals surface area (Å²) in [7, 11) is 0. The molecular weight excluding hydrogens is 238 g/mol. The van der Waals surface area contributed by atoms with Crippen LogP contribution in [-0.4, -0.2) is 6.09 Å². The molecule has 1 N–H and O–H groups in total. The summed E-state index contributed by atoms with van der Waals surface area (Å²) in [6.45, 7) is 2.22. The highest BCUT2D eigenvalue weighted by Gasteiger charge is 2.09. The van der Waals surface area contributed by atoms with Crippen molar-refractivity contribution in [1.29, 1.82) is 0 Å². The number of carbonyl (C=O) groups excluding carboxylic acids is 1. The van der Waals surface area contributed by atoms with E-state index in [2.05, 4.69) is 5.32 Å².